The smallest absolute Gasteiger partial charge is 0.244 e. The zero-order valence-electron chi connectivity index (χ0n) is 15.9. The summed E-state index contributed by atoms with van der Waals surface area (Å²) in [6.45, 7) is 4.65. The SMILES string of the molecule is Cc1cnn(CC(=O)N2C[C@@H](c3cc(F)cc(F)c3)[C@@H]3[C@H]2C2CCN3CC2)c1. The number of rotatable bonds is 3. The summed E-state index contributed by atoms with van der Waals surface area (Å²) in [5.74, 6) is -0.687. The molecule has 1 aromatic carbocycles. The van der Waals surface area contributed by atoms with Gasteiger partial charge >= 0.3 is 0 Å². The molecule has 1 amide bonds. The van der Waals surface area contributed by atoms with E-state index in [9.17, 15) is 13.6 Å². The third-order valence-electron chi connectivity index (χ3n) is 6.69. The summed E-state index contributed by atoms with van der Waals surface area (Å²) < 4.78 is 29.5. The molecule has 2 bridgehead atoms. The van der Waals surface area contributed by atoms with Crippen LogP contribution in [0.4, 0.5) is 8.78 Å². The van der Waals surface area contributed by atoms with Crippen molar-refractivity contribution in [2.75, 3.05) is 19.6 Å². The van der Waals surface area contributed by atoms with Crippen molar-refractivity contribution >= 4 is 5.91 Å². The highest BCUT2D eigenvalue weighted by atomic mass is 19.1. The molecule has 1 aromatic heterocycles. The van der Waals surface area contributed by atoms with E-state index in [-0.39, 0.29) is 30.5 Å². The second-order valence-electron chi connectivity index (χ2n) is 8.43. The van der Waals surface area contributed by atoms with Gasteiger partial charge in [0.1, 0.15) is 18.2 Å². The Morgan fingerprint density at radius 2 is 1.86 bits per heavy atom. The van der Waals surface area contributed by atoms with E-state index in [2.05, 4.69) is 10.00 Å². The Hall–Kier alpha value is -2.28. The molecule has 0 N–H and O–H groups in total. The van der Waals surface area contributed by atoms with Crippen molar-refractivity contribution in [3.05, 3.63) is 53.4 Å². The molecule has 4 fully saturated rings. The first-order valence-electron chi connectivity index (χ1n) is 9.98. The van der Waals surface area contributed by atoms with Gasteiger partial charge in [0.2, 0.25) is 5.91 Å². The number of amides is 1. The van der Waals surface area contributed by atoms with Crippen LogP contribution in [-0.4, -0.2) is 57.2 Å². The molecule has 2 aromatic rings. The fourth-order valence-electron chi connectivity index (χ4n) is 5.57. The molecule has 0 radical (unpaired) electrons. The first kappa shape index (κ1) is 17.8. The first-order chi connectivity index (χ1) is 13.5. The van der Waals surface area contributed by atoms with Gasteiger partial charge in [0.25, 0.3) is 0 Å². The summed E-state index contributed by atoms with van der Waals surface area (Å²) in [5.41, 5.74) is 1.67. The lowest BCUT2D eigenvalue weighted by Gasteiger charge is -2.51. The van der Waals surface area contributed by atoms with Crippen LogP contribution in [0.25, 0.3) is 0 Å². The summed E-state index contributed by atoms with van der Waals surface area (Å²) >= 11 is 0. The largest absolute Gasteiger partial charge is 0.336 e. The average molecular weight is 386 g/mol. The van der Waals surface area contributed by atoms with Gasteiger partial charge in [-0.2, -0.15) is 5.10 Å². The number of hydrogen-bond acceptors (Lipinski definition) is 3. The molecule has 3 atom stereocenters. The Labute approximate surface area is 162 Å². The van der Waals surface area contributed by atoms with Crippen molar-refractivity contribution in [2.45, 2.75) is 44.3 Å². The molecule has 148 valence electrons. The van der Waals surface area contributed by atoms with Crippen LogP contribution in [0.2, 0.25) is 0 Å². The number of likely N-dealkylation sites (tertiary alicyclic amines) is 1. The molecule has 4 saturated heterocycles. The van der Waals surface area contributed by atoms with Crippen molar-refractivity contribution in [1.82, 2.24) is 19.6 Å². The van der Waals surface area contributed by atoms with Crippen molar-refractivity contribution in [3.63, 3.8) is 0 Å². The molecule has 0 spiro atoms. The number of hydrogen-bond donors (Lipinski definition) is 0. The lowest BCUT2D eigenvalue weighted by Crippen LogP contribution is -2.61. The molecule has 0 aliphatic carbocycles. The maximum absolute atomic E-state index is 13.9. The Morgan fingerprint density at radius 3 is 2.50 bits per heavy atom. The summed E-state index contributed by atoms with van der Waals surface area (Å²) in [5, 5.41) is 4.24. The van der Waals surface area contributed by atoms with E-state index in [1.165, 1.54) is 12.1 Å². The van der Waals surface area contributed by atoms with Crippen molar-refractivity contribution in [3.8, 4) is 0 Å². The number of carbonyl (C=O) groups is 1. The van der Waals surface area contributed by atoms with Crippen molar-refractivity contribution in [2.24, 2.45) is 5.92 Å². The number of halogens is 2. The van der Waals surface area contributed by atoms with E-state index >= 15 is 0 Å². The first-order valence-corrected chi connectivity index (χ1v) is 9.98. The van der Waals surface area contributed by atoms with Crippen LogP contribution in [0, 0.1) is 24.5 Å². The fraction of sp³-hybridized carbons (Fsp3) is 0.524. The number of carbonyl (C=O) groups excluding carboxylic acids is 1. The Bertz CT molecular complexity index is 885. The van der Waals surface area contributed by atoms with E-state index in [4.69, 9.17) is 0 Å². The topological polar surface area (TPSA) is 41.4 Å². The van der Waals surface area contributed by atoms with E-state index in [1.54, 1.807) is 10.9 Å². The molecule has 4 aliphatic heterocycles. The third-order valence-corrected chi connectivity index (χ3v) is 6.69. The molecular formula is C21H24F2N4O. The standard InChI is InChI=1S/C21H24F2N4O/c1-13-9-24-26(10-13)12-19(28)27-11-18(15-6-16(22)8-17(23)7-15)21-20(27)14-2-4-25(21)5-3-14/h6-10,14,18,20-21H,2-5,11-12H2,1H3/t18-,20+,21+/m0/s1. The van der Waals surface area contributed by atoms with Crippen LogP contribution in [0.1, 0.15) is 29.9 Å². The van der Waals surface area contributed by atoms with Gasteiger partial charge < -0.3 is 4.90 Å². The zero-order chi connectivity index (χ0) is 19.4. The van der Waals surface area contributed by atoms with Crippen LogP contribution in [-0.2, 0) is 11.3 Å². The van der Waals surface area contributed by atoms with Gasteiger partial charge in [0.15, 0.2) is 0 Å². The highest BCUT2D eigenvalue weighted by molar-refractivity contribution is 5.77. The number of aromatic nitrogens is 2. The minimum absolute atomic E-state index is 0.0335. The number of piperidine rings is 3. The summed E-state index contributed by atoms with van der Waals surface area (Å²) in [4.78, 5) is 17.5. The monoisotopic (exact) mass is 386 g/mol. The van der Waals surface area contributed by atoms with Gasteiger partial charge in [-0.1, -0.05) is 0 Å². The van der Waals surface area contributed by atoms with Gasteiger partial charge in [-0.3, -0.25) is 14.4 Å². The normalized spacial score (nSPS) is 31.2. The molecule has 7 heteroatoms. The maximum Gasteiger partial charge on any atom is 0.244 e. The molecule has 4 aliphatic rings. The fourth-order valence-corrected chi connectivity index (χ4v) is 5.57. The molecule has 0 unspecified atom stereocenters. The average Bonchev–Trinajstić information content (AvgIpc) is 3.27. The third kappa shape index (κ3) is 2.92. The Morgan fingerprint density at radius 1 is 1.14 bits per heavy atom. The van der Waals surface area contributed by atoms with Crippen LogP contribution >= 0.6 is 0 Å². The van der Waals surface area contributed by atoms with Crippen LogP contribution in [0.3, 0.4) is 0 Å². The Kier molecular flexibility index (Phi) is 4.23. The molecule has 6 rings (SSSR count). The van der Waals surface area contributed by atoms with Gasteiger partial charge in [-0.25, -0.2) is 8.78 Å². The number of benzene rings is 1. The lowest BCUT2D eigenvalue weighted by atomic mass is 9.75. The molecule has 5 nitrogen and oxygen atoms in total. The van der Waals surface area contributed by atoms with E-state index in [1.807, 2.05) is 18.0 Å². The van der Waals surface area contributed by atoms with E-state index < -0.39 is 11.6 Å². The number of aryl methyl sites for hydroxylation is 1. The highest BCUT2D eigenvalue weighted by Gasteiger charge is 2.54. The zero-order valence-corrected chi connectivity index (χ0v) is 15.9. The quantitative estimate of drug-likeness (QED) is 0.814. The van der Waals surface area contributed by atoms with Crippen molar-refractivity contribution < 1.29 is 13.6 Å². The van der Waals surface area contributed by atoms with Crippen molar-refractivity contribution in [1.29, 1.82) is 0 Å². The van der Waals surface area contributed by atoms with Crippen LogP contribution in [0.15, 0.2) is 30.6 Å². The summed E-state index contributed by atoms with van der Waals surface area (Å²) in [6.07, 6.45) is 5.76. The van der Waals surface area contributed by atoms with Gasteiger partial charge in [0, 0.05) is 30.8 Å². The lowest BCUT2D eigenvalue weighted by molar-refractivity contribution is -0.136. The number of nitrogens with zero attached hydrogens (tertiary/aromatic N) is 4. The predicted molar refractivity (Wildman–Crippen MR) is 99.6 cm³/mol. The van der Waals surface area contributed by atoms with Gasteiger partial charge in [-0.15, -0.1) is 0 Å². The van der Waals surface area contributed by atoms with Crippen LogP contribution < -0.4 is 0 Å². The maximum atomic E-state index is 13.9. The summed E-state index contributed by atoms with van der Waals surface area (Å²) in [6, 6.07) is 4.02. The molecule has 0 saturated carbocycles. The van der Waals surface area contributed by atoms with Gasteiger partial charge in [-0.05, 0) is 62.0 Å². The minimum Gasteiger partial charge on any atom is -0.336 e. The second-order valence-corrected chi connectivity index (χ2v) is 8.43. The summed E-state index contributed by atoms with van der Waals surface area (Å²) in [7, 11) is 0. The van der Waals surface area contributed by atoms with Crippen LogP contribution in [0.5, 0.6) is 0 Å². The minimum atomic E-state index is -0.556. The van der Waals surface area contributed by atoms with Gasteiger partial charge in [0.05, 0.1) is 12.2 Å². The molecule has 5 heterocycles. The molecule has 28 heavy (non-hydrogen) atoms. The number of fused-ring (bicyclic) bond motifs is 2. The Balaban J connectivity index is 1.47. The predicted octanol–water partition coefficient (Wildman–Crippen LogP) is 2.56. The van der Waals surface area contributed by atoms with E-state index in [0.29, 0.717) is 18.0 Å². The van der Waals surface area contributed by atoms with E-state index in [0.717, 1.165) is 37.6 Å². The second kappa shape index (κ2) is 6.65. The highest BCUT2D eigenvalue weighted by Crippen LogP contribution is 2.46. The molecular weight excluding hydrogens is 362 g/mol.